The molecular formula is C27H35NO6. The maximum atomic E-state index is 6.35. The highest BCUT2D eigenvalue weighted by Crippen LogP contribution is 2.40. The van der Waals surface area contributed by atoms with E-state index in [1.54, 1.807) is 0 Å². The van der Waals surface area contributed by atoms with Gasteiger partial charge in [0, 0.05) is 28.2 Å². The molecule has 2 aromatic rings. The van der Waals surface area contributed by atoms with Crippen LogP contribution in [0.3, 0.4) is 0 Å². The number of pyridine rings is 1. The normalized spacial score (nSPS) is 25.5. The van der Waals surface area contributed by atoms with Crippen molar-refractivity contribution in [1.29, 1.82) is 0 Å². The molecule has 2 saturated heterocycles. The van der Waals surface area contributed by atoms with Gasteiger partial charge in [0.05, 0.1) is 45.3 Å². The fraction of sp³-hybridized carbons (Fsp3) is 0.593. The van der Waals surface area contributed by atoms with E-state index in [0.29, 0.717) is 39.6 Å². The third-order valence-electron chi connectivity index (χ3n) is 6.54. The molecule has 0 radical (unpaired) electrons. The van der Waals surface area contributed by atoms with Gasteiger partial charge in [0.15, 0.2) is 0 Å². The van der Waals surface area contributed by atoms with Crippen LogP contribution < -0.4 is 0 Å². The molecule has 8 rings (SSSR count). The molecule has 0 saturated carbocycles. The van der Waals surface area contributed by atoms with Gasteiger partial charge >= 0.3 is 0 Å². The molecule has 1 aromatic heterocycles. The van der Waals surface area contributed by atoms with Crippen LogP contribution in [0, 0.1) is 10.8 Å². The Hall–Kier alpha value is -1.87. The van der Waals surface area contributed by atoms with Crippen LogP contribution in [0.1, 0.15) is 50.1 Å². The summed E-state index contributed by atoms with van der Waals surface area (Å²) in [5.41, 5.74) is 3.51. The van der Waals surface area contributed by atoms with E-state index in [2.05, 4.69) is 32.7 Å². The molecule has 0 aliphatic carbocycles. The largest absolute Gasteiger partial charge is 0.371 e. The van der Waals surface area contributed by atoms with Crippen molar-refractivity contribution < 1.29 is 28.4 Å². The summed E-state index contributed by atoms with van der Waals surface area (Å²) in [7, 11) is 0. The fourth-order valence-electron chi connectivity index (χ4n) is 4.28. The van der Waals surface area contributed by atoms with E-state index >= 15 is 0 Å². The van der Waals surface area contributed by atoms with Gasteiger partial charge in [-0.2, -0.15) is 0 Å². The van der Waals surface area contributed by atoms with Crippen molar-refractivity contribution >= 4 is 0 Å². The van der Waals surface area contributed by atoms with E-state index < -0.39 is 11.6 Å². The molecule has 7 heterocycles. The van der Waals surface area contributed by atoms with E-state index in [4.69, 9.17) is 28.4 Å². The average molecular weight is 470 g/mol. The van der Waals surface area contributed by atoms with Crippen LogP contribution in [0.4, 0.5) is 0 Å². The van der Waals surface area contributed by atoms with Crippen molar-refractivity contribution in [3.63, 3.8) is 0 Å². The van der Waals surface area contributed by atoms with Gasteiger partial charge < -0.3 is 28.4 Å². The smallest absolute Gasteiger partial charge is 0.219 e. The summed E-state index contributed by atoms with van der Waals surface area (Å²) in [4.78, 5) is 4.53. The number of aromatic nitrogens is 1. The van der Waals surface area contributed by atoms with Crippen LogP contribution in [0.5, 0.6) is 0 Å². The lowest BCUT2D eigenvalue weighted by Crippen LogP contribution is -2.49. The highest BCUT2D eigenvalue weighted by Gasteiger charge is 2.45. The number of nitrogens with zero attached hydrogens (tertiary/aromatic N) is 1. The standard InChI is InChI=1S/C27H35NO6/c1-24(2)14-31-26(32-15-24)18-29-12-20-5-10-23(28-11-20)13-30-19-27(22-8-6-21(26)7-9-22)33-16-25(3,4)17-34-27/h5-11H,12-19H2,1-4H3. The molecule has 0 N–H and O–H groups in total. The highest BCUT2D eigenvalue weighted by atomic mass is 16.7. The molecule has 4 bridgehead atoms. The maximum absolute atomic E-state index is 6.35. The first-order valence-corrected chi connectivity index (χ1v) is 12.0. The van der Waals surface area contributed by atoms with Crippen molar-refractivity contribution in [1.82, 2.24) is 4.98 Å². The van der Waals surface area contributed by atoms with Crippen LogP contribution in [0.15, 0.2) is 42.6 Å². The zero-order valence-electron chi connectivity index (χ0n) is 20.6. The first-order valence-electron chi connectivity index (χ1n) is 12.0. The Morgan fingerprint density at radius 1 is 0.588 bits per heavy atom. The maximum Gasteiger partial charge on any atom is 0.219 e. The van der Waals surface area contributed by atoms with Gasteiger partial charge in [-0.15, -0.1) is 0 Å². The van der Waals surface area contributed by atoms with Crippen LogP contribution in [-0.2, 0) is 53.2 Å². The van der Waals surface area contributed by atoms with Crippen molar-refractivity contribution in [2.45, 2.75) is 52.5 Å². The fourth-order valence-corrected chi connectivity index (χ4v) is 4.28. The molecule has 2 fully saturated rings. The molecule has 2 spiro atoms. The molecular weight excluding hydrogens is 434 g/mol. The Labute approximate surface area is 201 Å². The second-order valence-corrected chi connectivity index (χ2v) is 11.2. The molecule has 34 heavy (non-hydrogen) atoms. The lowest BCUT2D eigenvalue weighted by Gasteiger charge is -2.44. The van der Waals surface area contributed by atoms with Gasteiger partial charge in [-0.25, -0.2) is 0 Å². The quantitative estimate of drug-likeness (QED) is 0.570. The summed E-state index contributed by atoms with van der Waals surface area (Å²) >= 11 is 0. The van der Waals surface area contributed by atoms with Crippen LogP contribution in [0.25, 0.3) is 0 Å². The minimum Gasteiger partial charge on any atom is -0.371 e. The summed E-state index contributed by atoms with van der Waals surface area (Å²) in [5.74, 6) is -1.95. The van der Waals surface area contributed by atoms with Crippen molar-refractivity contribution in [3.8, 4) is 0 Å². The molecule has 6 aliphatic heterocycles. The average Bonchev–Trinajstić information content (AvgIpc) is 2.82. The monoisotopic (exact) mass is 469 g/mol. The van der Waals surface area contributed by atoms with Gasteiger partial charge in [-0.1, -0.05) is 58.0 Å². The van der Waals surface area contributed by atoms with Crippen LogP contribution in [0.2, 0.25) is 0 Å². The zero-order chi connectivity index (χ0) is 23.9. The predicted molar refractivity (Wildman–Crippen MR) is 125 cm³/mol. The van der Waals surface area contributed by atoms with Crippen molar-refractivity contribution in [3.05, 3.63) is 65.0 Å². The number of rotatable bonds is 0. The van der Waals surface area contributed by atoms with E-state index in [9.17, 15) is 0 Å². The molecule has 1 aromatic carbocycles. The Balaban J connectivity index is 1.49. The number of benzene rings is 1. The number of hydrogen-bond acceptors (Lipinski definition) is 7. The Morgan fingerprint density at radius 3 is 1.50 bits per heavy atom. The van der Waals surface area contributed by atoms with Gasteiger partial charge in [-0.3, -0.25) is 4.98 Å². The molecule has 6 aliphatic rings. The third-order valence-corrected chi connectivity index (χ3v) is 6.54. The molecule has 0 unspecified atom stereocenters. The highest BCUT2D eigenvalue weighted by molar-refractivity contribution is 5.30. The summed E-state index contributed by atoms with van der Waals surface area (Å²) in [6.45, 7) is 12.2. The molecule has 0 atom stereocenters. The Morgan fingerprint density at radius 2 is 1.06 bits per heavy atom. The summed E-state index contributed by atoms with van der Waals surface area (Å²) in [5, 5.41) is 0. The van der Waals surface area contributed by atoms with E-state index in [-0.39, 0.29) is 24.0 Å². The minimum absolute atomic E-state index is 0.0574. The van der Waals surface area contributed by atoms with Crippen LogP contribution in [-0.4, -0.2) is 44.6 Å². The predicted octanol–water partition coefficient (Wildman–Crippen LogP) is 4.28. The number of ether oxygens (including phenoxy) is 6. The Bertz CT molecular complexity index is 885. The second-order valence-electron chi connectivity index (χ2n) is 11.2. The van der Waals surface area contributed by atoms with Crippen molar-refractivity contribution in [2.75, 3.05) is 39.6 Å². The van der Waals surface area contributed by atoms with E-state index in [1.807, 2.05) is 42.6 Å². The first-order chi connectivity index (χ1) is 16.2. The van der Waals surface area contributed by atoms with Gasteiger partial charge in [0.1, 0.15) is 13.2 Å². The number of hydrogen-bond donors (Lipinski definition) is 0. The lowest BCUT2D eigenvalue weighted by molar-refractivity contribution is -0.327. The SMILES string of the molecule is CC1(C)COC2(COCc3ccc(nc3)COCC3(OCC(C)(C)CO3)c3ccc2cc3)OC1. The van der Waals surface area contributed by atoms with Gasteiger partial charge in [0.25, 0.3) is 0 Å². The van der Waals surface area contributed by atoms with Crippen LogP contribution >= 0.6 is 0 Å². The van der Waals surface area contributed by atoms with E-state index in [0.717, 1.165) is 22.4 Å². The summed E-state index contributed by atoms with van der Waals surface area (Å²) in [6.07, 6.45) is 1.82. The molecule has 7 heteroatoms. The summed E-state index contributed by atoms with van der Waals surface area (Å²) in [6, 6.07) is 12.0. The summed E-state index contributed by atoms with van der Waals surface area (Å²) < 4.78 is 37.5. The Kier molecular flexibility index (Phi) is 6.29. The minimum atomic E-state index is -0.981. The van der Waals surface area contributed by atoms with Gasteiger partial charge in [0.2, 0.25) is 11.6 Å². The third kappa shape index (κ3) is 4.91. The molecule has 7 nitrogen and oxygen atoms in total. The molecule has 184 valence electrons. The topological polar surface area (TPSA) is 68.3 Å². The first kappa shape index (κ1) is 23.9. The molecule has 0 amide bonds. The zero-order valence-corrected chi connectivity index (χ0v) is 20.6. The van der Waals surface area contributed by atoms with Gasteiger partial charge in [-0.05, 0) is 11.6 Å². The lowest BCUT2D eigenvalue weighted by atomic mass is 9.92. The van der Waals surface area contributed by atoms with E-state index in [1.165, 1.54) is 0 Å². The van der Waals surface area contributed by atoms with Crippen molar-refractivity contribution in [2.24, 2.45) is 10.8 Å². The second kappa shape index (κ2) is 8.97.